The summed E-state index contributed by atoms with van der Waals surface area (Å²) in [5.74, 6) is 0.461. The molecule has 3 N–H and O–H groups in total. The molecule has 0 aromatic heterocycles. The fraction of sp³-hybridized carbons (Fsp3) is 0.316. The minimum absolute atomic E-state index is 0.461. The minimum atomic E-state index is 0.461. The third kappa shape index (κ3) is 5.33. The van der Waals surface area contributed by atoms with Crippen molar-refractivity contribution in [2.75, 3.05) is 30.9 Å². The molecule has 0 bridgehead atoms. The quantitative estimate of drug-likeness (QED) is 0.636. The maximum atomic E-state index is 5.96. The SMILES string of the molecule is CCc1cccc(NC(N)=NCCc2ccc(N(C)C)cc2)c1. The molecule has 0 heterocycles. The second-order valence-electron chi connectivity index (χ2n) is 5.76. The topological polar surface area (TPSA) is 53.6 Å². The fourth-order valence-electron chi connectivity index (χ4n) is 2.32. The van der Waals surface area contributed by atoms with Crippen LogP contribution in [0.3, 0.4) is 0 Å². The Labute approximate surface area is 139 Å². The predicted octanol–water partition coefficient (Wildman–Crippen LogP) is 3.28. The molecule has 2 aromatic carbocycles. The third-order valence-corrected chi connectivity index (χ3v) is 3.74. The molecule has 2 rings (SSSR count). The van der Waals surface area contributed by atoms with E-state index in [1.807, 2.05) is 26.2 Å². The maximum Gasteiger partial charge on any atom is 0.193 e. The van der Waals surface area contributed by atoms with Gasteiger partial charge in [0.05, 0.1) is 0 Å². The molecule has 0 atom stereocenters. The van der Waals surface area contributed by atoms with Gasteiger partial charge in [-0.25, -0.2) is 0 Å². The van der Waals surface area contributed by atoms with E-state index >= 15 is 0 Å². The highest BCUT2D eigenvalue weighted by atomic mass is 15.1. The molecule has 122 valence electrons. The molecule has 0 saturated heterocycles. The summed E-state index contributed by atoms with van der Waals surface area (Å²) < 4.78 is 0. The van der Waals surface area contributed by atoms with Gasteiger partial charge in [0, 0.05) is 32.0 Å². The van der Waals surface area contributed by atoms with Crippen molar-refractivity contribution >= 4 is 17.3 Å². The van der Waals surface area contributed by atoms with Crippen LogP contribution in [0, 0.1) is 0 Å². The number of hydrogen-bond donors (Lipinski definition) is 2. The number of aliphatic imine (C=N–C) groups is 1. The van der Waals surface area contributed by atoms with Crippen LogP contribution in [0.15, 0.2) is 53.5 Å². The zero-order valence-corrected chi connectivity index (χ0v) is 14.2. The van der Waals surface area contributed by atoms with Gasteiger partial charge in [-0.05, 0) is 48.2 Å². The van der Waals surface area contributed by atoms with Gasteiger partial charge in [0.1, 0.15) is 0 Å². The van der Waals surface area contributed by atoms with E-state index in [0.29, 0.717) is 12.5 Å². The highest BCUT2D eigenvalue weighted by molar-refractivity contribution is 5.92. The van der Waals surface area contributed by atoms with Gasteiger partial charge in [-0.1, -0.05) is 31.2 Å². The molecular weight excluding hydrogens is 284 g/mol. The second kappa shape index (κ2) is 8.22. The summed E-state index contributed by atoms with van der Waals surface area (Å²) in [6.45, 7) is 2.81. The van der Waals surface area contributed by atoms with Crippen molar-refractivity contribution in [3.05, 3.63) is 59.7 Å². The molecule has 0 radical (unpaired) electrons. The number of nitrogens with two attached hydrogens (primary N) is 1. The number of aryl methyl sites for hydroxylation is 1. The number of guanidine groups is 1. The first kappa shape index (κ1) is 16.9. The van der Waals surface area contributed by atoms with E-state index in [1.165, 1.54) is 16.8 Å². The lowest BCUT2D eigenvalue weighted by molar-refractivity contribution is 0.963. The van der Waals surface area contributed by atoms with Gasteiger partial charge >= 0.3 is 0 Å². The molecule has 0 aliphatic rings. The van der Waals surface area contributed by atoms with E-state index in [0.717, 1.165) is 18.5 Å². The maximum absolute atomic E-state index is 5.96. The van der Waals surface area contributed by atoms with Crippen LogP contribution in [0.2, 0.25) is 0 Å². The van der Waals surface area contributed by atoms with Crippen LogP contribution in [0.4, 0.5) is 11.4 Å². The van der Waals surface area contributed by atoms with E-state index in [-0.39, 0.29) is 0 Å². The van der Waals surface area contributed by atoms with Crippen LogP contribution in [-0.2, 0) is 12.8 Å². The van der Waals surface area contributed by atoms with Crippen molar-refractivity contribution in [2.45, 2.75) is 19.8 Å². The van der Waals surface area contributed by atoms with Crippen molar-refractivity contribution in [3.63, 3.8) is 0 Å². The molecule has 23 heavy (non-hydrogen) atoms. The lowest BCUT2D eigenvalue weighted by atomic mass is 10.1. The van der Waals surface area contributed by atoms with Crippen LogP contribution in [0.1, 0.15) is 18.1 Å². The fourth-order valence-corrected chi connectivity index (χ4v) is 2.32. The molecule has 2 aromatic rings. The summed E-state index contributed by atoms with van der Waals surface area (Å²) in [5.41, 5.74) is 10.7. The van der Waals surface area contributed by atoms with Crippen LogP contribution in [0.25, 0.3) is 0 Å². The van der Waals surface area contributed by atoms with E-state index < -0.39 is 0 Å². The zero-order chi connectivity index (χ0) is 16.7. The van der Waals surface area contributed by atoms with Gasteiger partial charge in [0.2, 0.25) is 0 Å². The Hall–Kier alpha value is -2.49. The van der Waals surface area contributed by atoms with Crippen molar-refractivity contribution in [3.8, 4) is 0 Å². The average molecular weight is 310 g/mol. The summed E-state index contributed by atoms with van der Waals surface area (Å²) in [6, 6.07) is 16.8. The molecule has 0 saturated carbocycles. The lowest BCUT2D eigenvalue weighted by Gasteiger charge is -2.12. The first-order valence-electron chi connectivity index (χ1n) is 8.00. The third-order valence-electron chi connectivity index (χ3n) is 3.74. The van der Waals surface area contributed by atoms with Crippen molar-refractivity contribution < 1.29 is 0 Å². The van der Waals surface area contributed by atoms with Gasteiger partial charge in [-0.3, -0.25) is 4.99 Å². The van der Waals surface area contributed by atoms with Crippen LogP contribution in [0.5, 0.6) is 0 Å². The van der Waals surface area contributed by atoms with Crippen molar-refractivity contribution in [2.24, 2.45) is 10.7 Å². The summed E-state index contributed by atoms with van der Waals surface area (Å²) >= 11 is 0. The minimum Gasteiger partial charge on any atom is -0.378 e. The summed E-state index contributed by atoms with van der Waals surface area (Å²) in [6.07, 6.45) is 1.89. The van der Waals surface area contributed by atoms with Gasteiger partial charge in [0.15, 0.2) is 5.96 Å². The number of anilines is 2. The van der Waals surface area contributed by atoms with E-state index in [4.69, 9.17) is 5.73 Å². The lowest BCUT2D eigenvalue weighted by Crippen LogP contribution is -2.23. The molecule has 4 nitrogen and oxygen atoms in total. The number of nitrogens with one attached hydrogen (secondary N) is 1. The largest absolute Gasteiger partial charge is 0.378 e. The number of benzene rings is 2. The molecule has 0 unspecified atom stereocenters. The monoisotopic (exact) mass is 310 g/mol. The molecule has 0 aliphatic heterocycles. The van der Waals surface area contributed by atoms with Crippen molar-refractivity contribution in [1.82, 2.24) is 0 Å². The molecule has 0 spiro atoms. The van der Waals surface area contributed by atoms with Gasteiger partial charge in [-0.2, -0.15) is 0 Å². The smallest absolute Gasteiger partial charge is 0.193 e. The Morgan fingerprint density at radius 1 is 1.09 bits per heavy atom. The van der Waals surface area contributed by atoms with Crippen molar-refractivity contribution in [1.29, 1.82) is 0 Å². The van der Waals surface area contributed by atoms with E-state index in [2.05, 4.69) is 58.5 Å². The van der Waals surface area contributed by atoms with Crippen LogP contribution < -0.4 is 16.0 Å². The molecule has 4 heteroatoms. The van der Waals surface area contributed by atoms with Gasteiger partial charge in [-0.15, -0.1) is 0 Å². The Balaban J connectivity index is 1.86. The summed E-state index contributed by atoms with van der Waals surface area (Å²) in [5, 5.41) is 3.15. The van der Waals surface area contributed by atoms with Gasteiger partial charge in [0.25, 0.3) is 0 Å². The molecule has 0 aliphatic carbocycles. The van der Waals surface area contributed by atoms with E-state index in [9.17, 15) is 0 Å². The Bertz CT molecular complexity index is 645. The molecule has 0 amide bonds. The van der Waals surface area contributed by atoms with E-state index in [1.54, 1.807) is 0 Å². The first-order valence-corrected chi connectivity index (χ1v) is 8.00. The number of rotatable bonds is 6. The Kier molecular flexibility index (Phi) is 6.03. The van der Waals surface area contributed by atoms with Crippen LogP contribution >= 0.6 is 0 Å². The summed E-state index contributed by atoms with van der Waals surface area (Å²) in [4.78, 5) is 6.49. The Morgan fingerprint density at radius 3 is 2.48 bits per heavy atom. The zero-order valence-electron chi connectivity index (χ0n) is 14.2. The normalized spacial score (nSPS) is 11.3. The highest BCUT2D eigenvalue weighted by Crippen LogP contribution is 2.13. The average Bonchev–Trinajstić information content (AvgIpc) is 2.55. The molecular formula is C19H26N4. The number of nitrogens with zero attached hydrogens (tertiary/aromatic N) is 2. The van der Waals surface area contributed by atoms with Gasteiger partial charge < -0.3 is 16.0 Å². The predicted molar refractivity (Wildman–Crippen MR) is 100 cm³/mol. The number of hydrogen-bond acceptors (Lipinski definition) is 2. The highest BCUT2D eigenvalue weighted by Gasteiger charge is 1.98. The second-order valence-corrected chi connectivity index (χ2v) is 5.76. The Morgan fingerprint density at radius 2 is 1.83 bits per heavy atom. The van der Waals surface area contributed by atoms with Crippen LogP contribution in [-0.4, -0.2) is 26.6 Å². The molecule has 0 fully saturated rings. The first-order chi connectivity index (χ1) is 11.1. The summed E-state index contributed by atoms with van der Waals surface area (Å²) in [7, 11) is 4.08. The standard InChI is InChI=1S/C19H26N4/c1-4-15-6-5-7-17(14-15)22-19(20)21-13-12-16-8-10-18(11-9-16)23(2)3/h5-11,14H,4,12-13H2,1-3H3,(H3,20,21,22).